The van der Waals surface area contributed by atoms with E-state index in [1.807, 2.05) is 12.1 Å². The number of aromatic nitrogens is 1. The van der Waals surface area contributed by atoms with Crippen LogP contribution in [0.25, 0.3) is 0 Å². The van der Waals surface area contributed by atoms with Crippen LogP contribution < -0.4 is 0 Å². The lowest BCUT2D eigenvalue weighted by Gasteiger charge is -2.09. The molecule has 0 saturated heterocycles. The molecule has 0 aliphatic heterocycles. The number of halogens is 1. The van der Waals surface area contributed by atoms with E-state index in [1.54, 1.807) is 6.20 Å². The molecule has 0 bridgehead atoms. The maximum Gasteiger partial charge on any atom is 0.0596 e. The molecule has 0 amide bonds. The van der Waals surface area contributed by atoms with E-state index in [0.717, 1.165) is 23.0 Å². The highest BCUT2D eigenvalue weighted by atomic mass is 79.9. The molecule has 1 heterocycles. The van der Waals surface area contributed by atoms with Crippen molar-refractivity contribution in [3.63, 3.8) is 0 Å². The predicted octanol–water partition coefficient (Wildman–Crippen LogP) is 2.55. The van der Waals surface area contributed by atoms with Gasteiger partial charge in [-0.05, 0) is 34.5 Å². The fourth-order valence-electron chi connectivity index (χ4n) is 1.23. The van der Waals surface area contributed by atoms with E-state index in [0.29, 0.717) is 6.42 Å². The molecule has 0 aliphatic carbocycles. The molecule has 0 spiro atoms. The maximum absolute atomic E-state index is 9.57. The van der Waals surface area contributed by atoms with Gasteiger partial charge in [0.2, 0.25) is 0 Å². The molecule has 72 valence electrons. The van der Waals surface area contributed by atoms with Gasteiger partial charge in [0.05, 0.1) is 11.8 Å². The van der Waals surface area contributed by atoms with Crippen molar-refractivity contribution in [2.45, 2.75) is 32.3 Å². The topological polar surface area (TPSA) is 33.1 Å². The van der Waals surface area contributed by atoms with Crippen molar-refractivity contribution in [2.24, 2.45) is 0 Å². The Hall–Kier alpha value is -0.410. The highest BCUT2D eigenvalue weighted by Gasteiger charge is 2.07. The Kier molecular flexibility index (Phi) is 4.39. The standard InChI is InChI=1S/C10H14BrNO/c1-2-4-8(13)7-10-9(11)5-3-6-12-10/h3,5-6,8,13H,2,4,7H2,1H3. The Morgan fingerprint density at radius 3 is 3.00 bits per heavy atom. The highest BCUT2D eigenvalue weighted by molar-refractivity contribution is 9.10. The van der Waals surface area contributed by atoms with E-state index in [-0.39, 0.29) is 6.10 Å². The monoisotopic (exact) mass is 243 g/mol. The summed E-state index contributed by atoms with van der Waals surface area (Å²) in [6, 6.07) is 3.82. The maximum atomic E-state index is 9.57. The second kappa shape index (κ2) is 5.35. The van der Waals surface area contributed by atoms with E-state index in [1.165, 1.54) is 0 Å². The Balaban J connectivity index is 2.58. The van der Waals surface area contributed by atoms with Gasteiger partial charge in [-0.15, -0.1) is 0 Å². The minimum atomic E-state index is -0.267. The van der Waals surface area contributed by atoms with Gasteiger partial charge in [0.25, 0.3) is 0 Å². The van der Waals surface area contributed by atoms with E-state index in [9.17, 15) is 5.11 Å². The summed E-state index contributed by atoms with van der Waals surface area (Å²) in [4.78, 5) is 4.19. The van der Waals surface area contributed by atoms with Crippen LogP contribution in [0.4, 0.5) is 0 Å². The van der Waals surface area contributed by atoms with Crippen molar-refractivity contribution in [3.05, 3.63) is 28.5 Å². The zero-order valence-electron chi connectivity index (χ0n) is 7.70. The van der Waals surface area contributed by atoms with Gasteiger partial charge in [0.15, 0.2) is 0 Å². The quantitative estimate of drug-likeness (QED) is 0.882. The summed E-state index contributed by atoms with van der Waals surface area (Å²) in [6.45, 7) is 2.07. The molecule has 0 saturated carbocycles. The van der Waals surface area contributed by atoms with Gasteiger partial charge in [0, 0.05) is 17.1 Å². The number of pyridine rings is 1. The molecule has 13 heavy (non-hydrogen) atoms. The van der Waals surface area contributed by atoms with Crippen LogP contribution in [-0.4, -0.2) is 16.2 Å². The van der Waals surface area contributed by atoms with Crippen molar-refractivity contribution in [2.75, 3.05) is 0 Å². The smallest absolute Gasteiger partial charge is 0.0596 e. The van der Waals surface area contributed by atoms with E-state index >= 15 is 0 Å². The molecular formula is C10H14BrNO. The number of aliphatic hydroxyl groups is 1. The van der Waals surface area contributed by atoms with Gasteiger partial charge >= 0.3 is 0 Å². The van der Waals surface area contributed by atoms with Crippen LogP contribution >= 0.6 is 15.9 Å². The Labute approximate surface area is 87.1 Å². The molecular weight excluding hydrogens is 230 g/mol. The Morgan fingerprint density at radius 2 is 2.38 bits per heavy atom. The Bertz CT molecular complexity index is 265. The lowest BCUT2D eigenvalue weighted by Crippen LogP contribution is -2.11. The second-order valence-corrected chi connectivity index (χ2v) is 3.93. The number of aliphatic hydroxyl groups excluding tert-OH is 1. The predicted molar refractivity (Wildman–Crippen MR) is 56.6 cm³/mol. The Morgan fingerprint density at radius 1 is 1.62 bits per heavy atom. The van der Waals surface area contributed by atoms with Crippen LogP contribution in [0.15, 0.2) is 22.8 Å². The summed E-state index contributed by atoms with van der Waals surface area (Å²) in [5.41, 5.74) is 0.934. The third kappa shape index (κ3) is 3.44. The third-order valence-corrected chi connectivity index (χ3v) is 2.61. The molecule has 0 radical (unpaired) electrons. The van der Waals surface area contributed by atoms with E-state index < -0.39 is 0 Å². The van der Waals surface area contributed by atoms with Crippen molar-refractivity contribution in [1.82, 2.24) is 4.98 Å². The normalized spacial score (nSPS) is 12.8. The fourth-order valence-corrected chi connectivity index (χ4v) is 1.64. The number of hydrogen-bond acceptors (Lipinski definition) is 2. The molecule has 1 unspecified atom stereocenters. The highest BCUT2D eigenvalue weighted by Crippen LogP contribution is 2.16. The molecule has 0 aromatic carbocycles. The van der Waals surface area contributed by atoms with Crippen molar-refractivity contribution < 1.29 is 5.11 Å². The second-order valence-electron chi connectivity index (χ2n) is 3.08. The molecule has 2 nitrogen and oxygen atoms in total. The molecule has 1 rings (SSSR count). The van der Waals surface area contributed by atoms with Crippen LogP contribution in [0.1, 0.15) is 25.5 Å². The van der Waals surface area contributed by atoms with Crippen LogP contribution in [0, 0.1) is 0 Å². The summed E-state index contributed by atoms with van der Waals surface area (Å²) < 4.78 is 0.977. The first-order chi connectivity index (χ1) is 6.24. The van der Waals surface area contributed by atoms with Gasteiger partial charge in [-0.3, -0.25) is 4.98 Å². The molecule has 1 aromatic heterocycles. The summed E-state index contributed by atoms with van der Waals surface area (Å²) in [7, 11) is 0. The van der Waals surface area contributed by atoms with Crippen molar-refractivity contribution in [3.8, 4) is 0 Å². The average molecular weight is 244 g/mol. The minimum absolute atomic E-state index is 0.267. The molecule has 1 atom stereocenters. The summed E-state index contributed by atoms with van der Waals surface area (Å²) in [5.74, 6) is 0. The molecule has 1 aromatic rings. The zero-order chi connectivity index (χ0) is 9.68. The molecule has 3 heteroatoms. The van der Waals surface area contributed by atoms with Crippen molar-refractivity contribution in [1.29, 1.82) is 0 Å². The van der Waals surface area contributed by atoms with Gasteiger partial charge in [-0.2, -0.15) is 0 Å². The van der Waals surface area contributed by atoms with Gasteiger partial charge < -0.3 is 5.11 Å². The molecule has 0 aliphatic rings. The fraction of sp³-hybridized carbons (Fsp3) is 0.500. The first kappa shape index (κ1) is 10.7. The number of nitrogens with zero attached hydrogens (tertiary/aromatic N) is 1. The molecule has 1 N–H and O–H groups in total. The first-order valence-corrected chi connectivity index (χ1v) is 5.30. The third-order valence-electron chi connectivity index (χ3n) is 1.89. The molecule has 0 fully saturated rings. The van der Waals surface area contributed by atoms with Crippen molar-refractivity contribution >= 4 is 15.9 Å². The summed E-state index contributed by atoms with van der Waals surface area (Å²) >= 11 is 3.40. The lowest BCUT2D eigenvalue weighted by atomic mass is 10.1. The van der Waals surface area contributed by atoms with E-state index in [2.05, 4.69) is 27.8 Å². The van der Waals surface area contributed by atoms with Crippen LogP contribution in [0.2, 0.25) is 0 Å². The van der Waals surface area contributed by atoms with Gasteiger partial charge in [0.1, 0.15) is 0 Å². The number of rotatable bonds is 4. The van der Waals surface area contributed by atoms with Gasteiger partial charge in [-0.25, -0.2) is 0 Å². The van der Waals surface area contributed by atoms with E-state index in [4.69, 9.17) is 0 Å². The largest absolute Gasteiger partial charge is 0.393 e. The lowest BCUT2D eigenvalue weighted by molar-refractivity contribution is 0.162. The summed E-state index contributed by atoms with van der Waals surface area (Å²) in [6.07, 6.45) is 3.96. The number of hydrogen-bond donors (Lipinski definition) is 1. The summed E-state index contributed by atoms with van der Waals surface area (Å²) in [5, 5.41) is 9.57. The van der Waals surface area contributed by atoms with Crippen LogP contribution in [0.3, 0.4) is 0 Å². The van der Waals surface area contributed by atoms with Gasteiger partial charge in [-0.1, -0.05) is 13.3 Å². The zero-order valence-corrected chi connectivity index (χ0v) is 9.29. The first-order valence-electron chi connectivity index (χ1n) is 4.51. The average Bonchev–Trinajstić information content (AvgIpc) is 2.09. The SMILES string of the molecule is CCCC(O)Cc1ncccc1Br. The van der Waals surface area contributed by atoms with Crippen LogP contribution in [-0.2, 0) is 6.42 Å². The van der Waals surface area contributed by atoms with Crippen LogP contribution in [0.5, 0.6) is 0 Å². The minimum Gasteiger partial charge on any atom is -0.393 e.